The van der Waals surface area contributed by atoms with Gasteiger partial charge in [-0.2, -0.15) is 13.2 Å². The second kappa shape index (κ2) is 7.48. The largest absolute Gasteiger partial charge is 0.508 e. The van der Waals surface area contributed by atoms with Gasteiger partial charge in [0.05, 0.1) is 5.92 Å². The molecule has 2 aromatic rings. The van der Waals surface area contributed by atoms with E-state index in [4.69, 9.17) is 0 Å². The molecule has 3 nitrogen and oxygen atoms in total. The van der Waals surface area contributed by atoms with Crippen molar-refractivity contribution >= 4 is 11.4 Å². The summed E-state index contributed by atoms with van der Waals surface area (Å²) in [7, 11) is 0. The van der Waals surface area contributed by atoms with E-state index in [1.54, 1.807) is 18.2 Å². The summed E-state index contributed by atoms with van der Waals surface area (Å²) in [6.07, 6.45) is -4.19. The molecule has 140 valence electrons. The Bertz CT molecular complexity index is 720. The molecule has 0 radical (unpaired) electrons. The molecule has 1 aliphatic heterocycles. The summed E-state index contributed by atoms with van der Waals surface area (Å²) in [6, 6.07) is 16.2. The van der Waals surface area contributed by atoms with Crippen LogP contribution >= 0.6 is 0 Å². The number of hydrogen-bond acceptors (Lipinski definition) is 3. The Morgan fingerprint density at radius 1 is 1.04 bits per heavy atom. The van der Waals surface area contributed by atoms with E-state index in [2.05, 4.69) is 4.90 Å². The Balaban J connectivity index is 1.84. The zero-order chi connectivity index (χ0) is 18.7. The molecule has 1 fully saturated rings. The van der Waals surface area contributed by atoms with Crippen molar-refractivity contribution in [2.75, 3.05) is 29.4 Å². The molecular formula is C20H23F3N2O. The molecule has 3 rings (SSSR count). The molecule has 1 saturated heterocycles. The fourth-order valence-corrected chi connectivity index (χ4v) is 3.48. The first-order chi connectivity index (χ1) is 12.3. The minimum atomic E-state index is -4.21. The van der Waals surface area contributed by atoms with Gasteiger partial charge in [0.25, 0.3) is 0 Å². The summed E-state index contributed by atoms with van der Waals surface area (Å²) in [5, 5.41) is 9.75. The van der Waals surface area contributed by atoms with Crippen molar-refractivity contribution in [1.29, 1.82) is 0 Å². The van der Waals surface area contributed by atoms with Crippen molar-refractivity contribution in [3.8, 4) is 5.75 Å². The van der Waals surface area contributed by atoms with Crippen LogP contribution in [0, 0.1) is 5.92 Å². The van der Waals surface area contributed by atoms with Crippen molar-refractivity contribution in [3.05, 3.63) is 54.6 Å². The molecule has 1 aliphatic rings. The van der Waals surface area contributed by atoms with Crippen LogP contribution in [0.15, 0.2) is 54.6 Å². The minimum absolute atomic E-state index is 0.0164. The van der Waals surface area contributed by atoms with E-state index in [1.165, 1.54) is 6.92 Å². The molecule has 0 aromatic heterocycles. The lowest BCUT2D eigenvalue weighted by molar-refractivity contribution is -0.172. The Morgan fingerprint density at radius 2 is 1.73 bits per heavy atom. The molecule has 0 saturated carbocycles. The normalized spacial score (nSPS) is 19.5. The summed E-state index contributed by atoms with van der Waals surface area (Å²) in [5.41, 5.74) is 1.78. The van der Waals surface area contributed by atoms with Crippen molar-refractivity contribution < 1.29 is 18.3 Å². The number of hydrogen-bond donors (Lipinski definition) is 1. The van der Waals surface area contributed by atoms with E-state index >= 15 is 0 Å². The summed E-state index contributed by atoms with van der Waals surface area (Å²) in [6.45, 7) is 3.08. The van der Waals surface area contributed by atoms with Crippen LogP contribution in [0.3, 0.4) is 0 Å². The Hall–Kier alpha value is -2.37. The van der Waals surface area contributed by atoms with Crippen LogP contribution in [0.5, 0.6) is 5.75 Å². The lowest BCUT2D eigenvalue weighted by atomic mass is 9.97. The van der Waals surface area contributed by atoms with Crippen molar-refractivity contribution in [2.45, 2.75) is 25.6 Å². The van der Waals surface area contributed by atoms with Gasteiger partial charge >= 0.3 is 6.18 Å². The number of phenolic OH excluding ortho intramolecular Hbond substituents is 1. The monoisotopic (exact) mass is 364 g/mol. The van der Waals surface area contributed by atoms with Crippen LogP contribution in [0.2, 0.25) is 0 Å². The highest BCUT2D eigenvalue weighted by Crippen LogP contribution is 2.34. The number of rotatable bonds is 4. The van der Waals surface area contributed by atoms with Crippen LogP contribution < -0.4 is 9.80 Å². The van der Waals surface area contributed by atoms with Gasteiger partial charge in [-0.05, 0) is 30.7 Å². The summed E-state index contributed by atoms with van der Waals surface area (Å²) < 4.78 is 39.4. The number of phenols is 1. The van der Waals surface area contributed by atoms with Gasteiger partial charge in [-0.1, -0.05) is 31.2 Å². The number of nitrogens with zero attached hydrogens (tertiary/aromatic N) is 2. The van der Waals surface area contributed by atoms with Gasteiger partial charge in [-0.3, -0.25) is 0 Å². The average molecular weight is 364 g/mol. The molecule has 6 heteroatoms. The number of halogens is 3. The van der Waals surface area contributed by atoms with Crippen LogP contribution in [0.25, 0.3) is 0 Å². The van der Waals surface area contributed by atoms with Crippen molar-refractivity contribution in [1.82, 2.24) is 0 Å². The smallest absolute Gasteiger partial charge is 0.391 e. The molecule has 2 unspecified atom stereocenters. The van der Waals surface area contributed by atoms with E-state index in [9.17, 15) is 18.3 Å². The van der Waals surface area contributed by atoms with E-state index < -0.39 is 12.1 Å². The van der Waals surface area contributed by atoms with E-state index in [1.807, 2.05) is 41.3 Å². The Kier molecular flexibility index (Phi) is 5.30. The van der Waals surface area contributed by atoms with Gasteiger partial charge in [-0.15, -0.1) is 0 Å². The van der Waals surface area contributed by atoms with Crippen LogP contribution in [0.1, 0.15) is 13.3 Å². The van der Waals surface area contributed by atoms with Gasteiger partial charge in [-0.25, -0.2) is 0 Å². The van der Waals surface area contributed by atoms with Crippen LogP contribution in [0.4, 0.5) is 24.5 Å². The standard InChI is InChI=1S/C20H23F3N2O/c1-15(20(21,22)23)12-18-14-24(16-6-3-2-4-7-16)10-11-25(18)17-8-5-9-19(26)13-17/h2-9,13,15,18,26H,10-12,14H2,1H3. The van der Waals surface area contributed by atoms with Crippen LogP contribution in [-0.2, 0) is 0 Å². The summed E-state index contributed by atoms with van der Waals surface area (Å²) in [4.78, 5) is 4.12. The zero-order valence-corrected chi connectivity index (χ0v) is 14.7. The molecule has 0 aliphatic carbocycles. The van der Waals surface area contributed by atoms with Gasteiger partial charge in [0.15, 0.2) is 0 Å². The second-order valence-corrected chi connectivity index (χ2v) is 6.83. The van der Waals surface area contributed by atoms with Gasteiger partial charge < -0.3 is 14.9 Å². The number of para-hydroxylation sites is 1. The first-order valence-corrected chi connectivity index (χ1v) is 8.77. The molecule has 2 aromatic carbocycles. The van der Waals surface area contributed by atoms with Crippen LogP contribution in [-0.4, -0.2) is 37.0 Å². The molecule has 0 bridgehead atoms. The molecule has 2 atom stereocenters. The summed E-state index contributed by atoms with van der Waals surface area (Å²) >= 11 is 0. The molecular weight excluding hydrogens is 341 g/mol. The number of alkyl halides is 3. The Morgan fingerprint density at radius 3 is 2.38 bits per heavy atom. The number of piperazine rings is 1. The second-order valence-electron chi connectivity index (χ2n) is 6.83. The number of aromatic hydroxyl groups is 1. The summed E-state index contributed by atoms with van der Waals surface area (Å²) in [5.74, 6) is -1.27. The molecule has 0 amide bonds. The molecule has 1 N–H and O–H groups in total. The average Bonchev–Trinajstić information content (AvgIpc) is 2.61. The third-order valence-electron chi connectivity index (χ3n) is 4.95. The van der Waals surface area contributed by atoms with Crippen molar-refractivity contribution in [2.24, 2.45) is 5.92 Å². The van der Waals surface area contributed by atoms with Gasteiger partial charge in [0, 0.05) is 43.1 Å². The van der Waals surface area contributed by atoms with Gasteiger partial charge in [0.2, 0.25) is 0 Å². The highest BCUT2D eigenvalue weighted by Gasteiger charge is 2.39. The minimum Gasteiger partial charge on any atom is -0.508 e. The van der Waals surface area contributed by atoms with E-state index in [-0.39, 0.29) is 18.2 Å². The maximum Gasteiger partial charge on any atom is 0.391 e. The quantitative estimate of drug-likeness (QED) is 0.854. The first-order valence-electron chi connectivity index (χ1n) is 8.77. The van der Waals surface area contributed by atoms with E-state index in [0.717, 1.165) is 17.9 Å². The van der Waals surface area contributed by atoms with Gasteiger partial charge in [0.1, 0.15) is 5.75 Å². The van der Waals surface area contributed by atoms with Crippen molar-refractivity contribution in [3.63, 3.8) is 0 Å². The predicted molar refractivity (Wildman–Crippen MR) is 97.7 cm³/mol. The lowest BCUT2D eigenvalue weighted by Crippen LogP contribution is -2.54. The third kappa shape index (κ3) is 4.23. The predicted octanol–water partition coefficient (Wildman–Crippen LogP) is 4.68. The highest BCUT2D eigenvalue weighted by atomic mass is 19.4. The topological polar surface area (TPSA) is 26.7 Å². The Labute approximate surface area is 151 Å². The third-order valence-corrected chi connectivity index (χ3v) is 4.95. The maximum absolute atomic E-state index is 13.1. The maximum atomic E-state index is 13.1. The SMILES string of the molecule is CC(CC1CN(c2ccccc2)CCN1c1cccc(O)c1)C(F)(F)F. The number of benzene rings is 2. The lowest BCUT2D eigenvalue weighted by Gasteiger charge is -2.44. The molecule has 26 heavy (non-hydrogen) atoms. The fourth-order valence-electron chi connectivity index (χ4n) is 3.48. The first kappa shape index (κ1) is 18.4. The molecule has 0 spiro atoms. The van der Waals surface area contributed by atoms with E-state index in [0.29, 0.717) is 13.1 Å². The molecule has 1 heterocycles. The highest BCUT2D eigenvalue weighted by molar-refractivity contribution is 5.55. The zero-order valence-electron chi connectivity index (χ0n) is 14.7. The fraction of sp³-hybridized carbons (Fsp3) is 0.400. The number of anilines is 2.